The van der Waals surface area contributed by atoms with Gasteiger partial charge >= 0.3 is 0 Å². The molecule has 1 heterocycles. The third kappa shape index (κ3) is 3.08. The van der Waals surface area contributed by atoms with Gasteiger partial charge in [0.2, 0.25) is 0 Å². The van der Waals surface area contributed by atoms with Crippen LogP contribution in [0.3, 0.4) is 0 Å². The minimum absolute atomic E-state index is 0.106. The van der Waals surface area contributed by atoms with Gasteiger partial charge in [0.15, 0.2) is 0 Å². The van der Waals surface area contributed by atoms with Crippen molar-refractivity contribution in [1.82, 2.24) is 9.78 Å². The second-order valence-electron chi connectivity index (χ2n) is 5.68. The summed E-state index contributed by atoms with van der Waals surface area (Å²) >= 11 is 6.31. The molecule has 4 nitrogen and oxygen atoms in total. The van der Waals surface area contributed by atoms with Crippen LogP contribution < -0.4 is 5.11 Å². The van der Waals surface area contributed by atoms with Crippen LogP contribution in [0.25, 0.3) is 10.9 Å². The van der Waals surface area contributed by atoms with Crippen LogP contribution in [0.15, 0.2) is 36.4 Å². The summed E-state index contributed by atoms with van der Waals surface area (Å²) in [4.78, 5) is 10.8. The number of hydrogen-bond donors (Lipinski definition) is 0. The number of carboxylic acid groups (broad SMARTS) is 1. The molecule has 0 radical (unpaired) electrons. The molecule has 0 aliphatic carbocycles. The lowest BCUT2D eigenvalue weighted by Gasteiger charge is -2.10. The van der Waals surface area contributed by atoms with E-state index in [0.29, 0.717) is 17.1 Å². The number of aliphatic carboxylic acids is 1. The molecule has 0 saturated carbocycles. The first-order chi connectivity index (χ1) is 11.0. The van der Waals surface area contributed by atoms with Gasteiger partial charge < -0.3 is 9.90 Å². The Hall–Kier alpha value is -2.33. The monoisotopic (exact) mass is 327 g/mol. The summed E-state index contributed by atoms with van der Waals surface area (Å²) in [5.74, 6) is -1.09. The fourth-order valence-corrected chi connectivity index (χ4v) is 3.08. The highest BCUT2D eigenvalue weighted by molar-refractivity contribution is 6.31. The maximum atomic E-state index is 10.8. The van der Waals surface area contributed by atoms with Crippen LogP contribution in [0.5, 0.6) is 0 Å². The van der Waals surface area contributed by atoms with E-state index >= 15 is 0 Å². The lowest BCUT2D eigenvalue weighted by molar-refractivity contribution is -0.304. The third-order valence-corrected chi connectivity index (χ3v) is 4.36. The lowest BCUT2D eigenvalue weighted by atomic mass is 10.1. The summed E-state index contributed by atoms with van der Waals surface area (Å²) in [5.41, 5.74) is 4.63. The highest BCUT2D eigenvalue weighted by atomic mass is 35.5. The molecule has 1 aromatic heterocycles. The van der Waals surface area contributed by atoms with Gasteiger partial charge in [0.25, 0.3) is 0 Å². The predicted molar refractivity (Wildman–Crippen MR) is 88.5 cm³/mol. The molecule has 23 heavy (non-hydrogen) atoms. The summed E-state index contributed by atoms with van der Waals surface area (Å²) in [7, 11) is 0. The first-order valence-electron chi connectivity index (χ1n) is 7.35. The molecular formula is C18H16ClN2O2-. The zero-order valence-corrected chi connectivity index (χ0v) is 13.7. The van der Waals surface area contributed by atoms with Crippen LogP contribution in [0, 0.1) is 13.8 Å². The summed E-state index contributed by atoms with van der Waals surface area (Å²) in [6, 6.07) is 11.4. The fraction of sp³-hybridized carbons (Fsp3) is 0.222. The summed E-state index contributed by atoms with van der Waals surface area (Å²) < 4.78 is 1.87. The largest absolute Gasteiger partial charge is 0.550 e. The van der Waals surface area contributed by atoms with Crippen molar-refractivity contribution in [3.63, 3.8) is 0 Å². The second kappa shape index (κ2) is 6.05. The highest BCUT2D eigenvalue weighted by Crippen LogP contribution is 2.25. The van der Waals surface area contributed by atoms with Gasteiger partial charge in [-0.2, -0.15) is 5.10 Å². The number of carboxylic acids is 1. The molecule has 0 aliphatic heterocycles. The van der Waals surface area contributed by atoms with Crippen LogP contribution in [-0.4, -0.2) is 15.7 Å². The second-order valence-corrected chi connectivity index (χ2v) is 6.09. The Labute approximate surface area is 139 Å². The molecule has 5 heteroatoms. The van der Waals surface area contributed by atoms with Gasteiger partial charge in [0, 0.05) is 22.8 Å². The molecular weight excluding hydrogens is 312 g/mol. The van der Waals surface area contributed by atoms with E-state index in [1.807, 2.05) is 48.9 Å². The number of aromatic nitrogens is 2. The van der Waals surface area contributed by atoms with Crippen molar-refractivity contribution in [1.29, 1.82) is 0 Å². The van der Waals surface area contributed by atoms with Gasteiger partial charge in [-0.25, -0.2) is 0 Å². The minimum Gasteiger partial charge on any atom is -0.550 e. The van der Waals surface area contributed by atoms with E-state index in [4.69, 9.17) is 11.6 Å². The van der Waals surface area contributed by atoms with Crippen molar-refractivity contribution in [2.24, 2.45) is 0 Å². The maximum Gasteiger partial charge on any atom is 0.0692 e. The van der Waals surface area contributed by atoms with Gasteiger partial charge in [-0.05, 0) is 42.7 Å². The fourth-order valence-electron chi connectivity index (χ4n) is 2.80. The molecule has 0 N–H and O–H groups in total. The zero-order valence-electron chi connectivity index (χ0n) is 13.0. The van der Waals surface area contributed by atoms with Crippen molar-refractivity contribution in [2.45, 2.75) is 26.8 Å². The molecule has 0 bridgehead atoms. The standard InChI is InChI=1S/C18H17ClN2O2/c1-11-4-3-5-16(19)15(11)10-21-17-8-13(9-18(22)23)6-7-14(17)12(2)20-21/h3-8H,9-10H2,1-2H3,(H,22,23)/p-1. The van der Waals surface area contributed by atoms with Crippen LogP contribution in [0.2, 0.25) is 5.02 Å². The normalized spacial score (nSPS) is 11.1. The average molecular weight is 328 g/mol. The molecule has 2 aromatic carbocycles. The molecule has 0 aliphatic rings. The first-order valence-corrected chi connectivity index (χ1v) is 7.73. The van der Waals surface area contributed by atoms with E-state index in [0.717, 1.165) is 27.7 Å². The Balaban J connectivity index is 2.08. The van der Waals surface area contributed by atoms with Crippen molar-refractivity contribution in [3.05, 3.63) is 63.8 Å². The smallest absolute Gasteiger partial charge is 0.0692 e. The number of carbonyl (C=O) groups is 1. The predicted octanol–water partition coefficient (Wildman–Crippen LogP) is 2.65. The quantitative estimate of drug-likeness (QED) is 0.740. The number of aryl methyl sites for hydroxylation is 2. The summed E-state index contributed by atoms with van der Waals surface area (Å²) in [6.07, 6.45) is -0.106. The molecule has 3 aromatic rings. The van der Waals surface area contributed by atoms with Crippen LogP contribution >= 0.6 is 11.6 Å². The van der Waals surface area contributed by atoms with Gasteiger partial charge in [-0.3, -0.25) is 4.68 Å². The van der Waals surface area contributed by atoms with Gasteiger partial charge in [-0.1, -0.05) is 35.9 Å². The average Bonchev–Trinajstić information content (AvgIpc) is 2.78. The molecule has 0 fully saturated rings. The number of hydrogen-bond acceptors (Lipinski definition) is 3. The SMILES string of the molecule is Cc1cccc(Cl)c1Cn1nc(C)c2ccc(CC(=O)[O-])cc21. The Morgan fingerprint density at radius 1 is 1.26 bits per heavy atom. The van der Waals surface area contributed by atoms with Crippen LogP contribution in [-0.2, 0) is 17.8 Å². The van der Waals surface area contributed by atoms with Crippen molar-refractivity contribution in [2.75, 3.05) is 0 Å². The molecule has 3 rings (SSSR count). The van der Waals surface area contributed by atoms with Gasteiger partial charge in [-0.15, -0.1) is 0 Å². The Kier molecular flexibility index (Phi) is 4.09. The molecule has 0 amide bonds. The summed E-state index contributed by atoms with van der Waals surface area (Å²) in [6.45, 7) is 4.50. The number of fused-ring (bicyclic) bond motifs is 1. The number of rotatable bonds is 4. The van der Waals surface area contributed by atoms with E-state index in [2.05, 4.69) is 5.10 Å². The number of halogens is 1. The van der Waals surface area contributed by atoms with Crippen LogP contribution in [0.1, 0.15) is 22.4 Å². The maximum absolute atomic E-state index is 10.8. The van der Waals surface area contributed by atoms with Crippen molar-refractivity contribution in [3.8, 4) is 0 Å². The summed E-state index contributed by atoms with van der Waals surface area (Å²) in [5, 5.41) is 17.1. The molecule has 0 atom stereocenters. The van der Waals surface area contributed by atoms with Crippen molar-refractivity contribution >= 4 is 28.5 Å². The molecule has 0 spiro atoms. The highest BCUT2D eigenvalue weighted by Gasteiger charge is 2.11. The number of nitrogens with zero attached hydrogens (tertiary/aromatic N) is 2. The van der Waals surface area contributed by atoms with E-state index in [1.165, 1.54) is 0 Å². The van der Waals surface area contributed by atoms with Gasteiger partial charge in [0.05, 0.1) is 17.8 Å². The zero-order chi connectivity index (χ0) is 16.6. The molecule has 0 saturated heterocycles. The van der Waals surface area contributed by atoms with E-state index in [-0.39, 0.29) is 6.42 Å². The molecule has 0 unspecified atom stereocenters. The first kappa shape index (κ1) is 15.6. The van der Waals surface area contributed by atoms with Gasteiger partial charge in [0.1, 0.15) is 0 Å². The Bertz CT molecular complexity index is 879. The Morgan fingerprint density at radius 3 is 2.74 bits per heavy atom. The minimum atomic E-state index is -1.09. The number of benzene rings is 2. The lowest BCUT2D eigenvalue weighted by Crippen LogP contribution is -2.24. The molecule has 118 valence electrons. The van der Waals surface area contributed by atoms with E-state index in [9.17, 15) is 9.90 Å². The number of carbonyl (C=O) groups excluding carboxylic acids is 1. The Morgan fingerprint density at radius 2 is 2.04 bits per heavy atom. The van der Waals surface area contributed by atoms with E-state index < -0.39 is 5.97 Å². The topological polar surface area (TPSA) is 58.0 Å². The van der Waals surface area contributed by atoms with Crippen molar-refractivity contribution < 1.29 is 9.90 Å². The van der Waals surface area contributed by atoms with Crippen LogP contribution in [0.4, 0.5) is 0 Å². The van der Waals surface area contributed by atoms with E-state index in [1.54, 1.807) is 6.07 Å². The third-order valence-electron chi connectivity index (χ3n) is 4.01.